The van der Waals surface area contributed by atoms with Crippen LogP contribution in [0.15, 0.2) is 60.7 Å². The first-order chi connectivity index (χ1) is 9.25. The third-order valence-electron chi connectivity index (χ3n) is 3.32. The molecule has 0 aromatic heterocycles. The van der Waals surface area contributed by atoms with Gasteiger partial charge in [0.1, 0.15) is 0 Å². The van der Waals surface area contributed by atoms with Gasteiger partial charge in [-0.05, 0) is 11.1 Å². The summed E-state index contributed by atoms with van der Waals surface area (Å²) in [5.74, 6) is -0.0765. The van der Waals surface area contributed by atoms with E-state index in [1.807, 2.05) is 60.7 Å². The molecule has 2 heteroatoms. The summed E-state index contributed by atoms with van der Waals surface area (Å²) in [6.45, 7) is 1.79. The van der Waals surface area contributed by atoms with E-state index in [0.29, 0.717) is 6.42 Å². The number of nitrogens with zero attached hydrogens (tertiary/aromatic N) is 1. The topological polar surface area (TPSA) is 40.9 Å². The summed E-state index contributed by atoms with van der Waals surface area (Å²) in [4.78, 5) is 12.4. The molecule has 0 saturated heterocycles. The largest absolute Gasteiger partial charge is 0.297 e. The molecule has 0 atom stereocenters. The molecule has 0 aliphatic heterocycles. The lowest BCUT2D eigenvalue weighted by atomic mass is 9.72. The van der Waals surface area contributed by atoms with Gasteiger partial charge in [0.15, 0.2) is 11.2 Å². The fourth-order valence-electron chi connectivity index (χ4n) is 2.32. The van der Waals surface area contributed by atoms with E-state index in [2.05, 4.69) is 6.07 Å². The minimum Gasteiger partial charge on any atom is -0.297 e. The molecule has 2 rings (SSSR count). The third kappa shape index (κ3) is 2.15. The normalized spacial score (nSPS) is 10.7. The van der Waals surface area contributed by atoms with Crippen LogP contribution >= 0.6 is 0 Å². The van der Waals surface area contributed by atoms with E-state index in [4.69, 9.17) is 0 Å². The van der Waals surface area contributed by atoms with E-state index < -0.39 is 5.41 Å². The first-order valence-electron chi connectivity index (χ1n) is 6.31. The molecule has 94 valence electrons. The maximum Gasteiger partial charge on any atom is 0.165 e. The maximum absolute atomic E-state index is 12.4. The Kier molecular flexibility index (Phi) is 3.77. The number of hydrogen-bond acceptors (Lipinski definition) is 2. The number of nitriles is 1. The van der Waals surface area contributed by atoms with E-state index in [9.17, 15) is 10.1 Å². The second-order valence-electron chi connectivity index (χ2n) is 4.37. The smallest absolute Gasteiger partial charge is 0.165 e. The monoisotopic (exact) mass is 249 g/mol. The molecular formula is C17H15NO. The van der Waals surface area contributed by atoms with Gasteiger partial charge in [0.25, 0.3) is 0 Å². The average Bonchev–Trinajstić information content (AvgIpc) is 2.50. The Bertz CT molecular complexity index is 557. The van der Waals surface area contributed by atoms with E-state index in [0.717, 1.165) is 11.1 Å². The Hall–Kier alpha value is -2.40. The fourth-order valence-corrected chi connectivity index (χ4v) is 2.32. The highest BCUT2D eigenvalue weighted by atomic mass is 16.1. The molecular weight excluding hydrogens is 234 g/mol. The van der Waals surface area contributed by atoms with Gasteiger partial charge in [-0.2, -0.15) is 5.26 Å². The van der Waals surface area contributed by atoms with Crippen molar-refractivity contribution in [3.05, 3.63) is 71.8 Å². The molecule has 0 bridgehead atoms. The van der Waals surface area contributed by atoms with Crippen molar-refractivity contribution < 1.29 is 4.79 Å². The van der Waals surface area contributed by atoms with Crippen molar-refractivity contribution in [3.8, 4) is 6.07 Å². The zero-order chi connectivity index (χ0) is 13.7. The first kappa shape index (κ1) is 13.0. The van der Waals surface area contributed by atoms with Crippen molar-refractivity contribution in [1.82, 2.24) is 0 Å². The number of carbonyl (C=O) groups is 1. The summed E-state index contributed by atoms with van der Waals surface area (Å²) in [7, 11) is 0. The minimum absolute atomic E-state index is 0.0765. The summed E-state index contributed by atoms with van der Waals surface area (Å²) in [6.07, 6.45) is 0.331. The number of hydrogen-bond donors (Lipinski definition) is 0. The number of benzene rings is 2. The predicted molar refractivity (Wildman–Crippen MR) is 74.6 cm³/mol. The Morgan fingerprint density at radius 1 is 1.00 bits per heavy atom. The van der Waals surface area contributed by atoms with Crippen LogP contribution in [0.3, 0.4) is 0 Å². The molecule has 2 aromatic rings. The van der Waals surface area contributed by atoms with Crippen molar-refractivity contribution in [2.75, 3.05) is 0 Å². The Labute approximate surface area is 113 Å². The quantitative estimate of drug-likeness (QED) is 0.832. The van der Waals surface area contributed by atoms with Crippen LogP contribution in [0, 0.1) is 11.3 Å². The molecule has 2 aromatic carbocycles. The van der Waals surface area contributed by atoms with Crippen molar-refractivity contribution in [2.45, 2.75) is 18.8 Å². The molecule has 0 heterocycles. The molecule has 2 nitrogen and oxygen atoms in total. The van der Waals surface area contributed by atoms with E-state index in [1.54, 1.807) is 6.92 Å². The van der Waals surface area contributed by atoms with Gasteiger partial charge in [-0.15, -0.1) is 0 Å². The van der Waals surface area contributed by atoms with Gasteiger partial charge in [-0.25, -0.2) is 0 Å². The number of Topliss-reactive ketones (excluding diaryl/α,β-unsaturated/α-hetero) is 1. The number of carbonyl (C=O) groups excluding carboxylic acids is 1. The van der Waals surface area contributed by atoms with E-state index in [1.165, 1.54) is 0 Å². The molecule has 0 fully saturated rings. The molecule has 0 aliphatic rings. The summed E-state index contributed by atoms with van der Waals surface area (Å²) < 4.78 is 0. The van der Waals surface area contributed by atoms with Crippen LogP contribution in [0.25, 0.3) is 0 Å². The molecule has 0 amide bonds. The van der Waals surface area contributed by atoms with Gasteiger partial charge in [-0.3, -0.25) is 4.79 Å². The Balaban J connectivity index is 2.70. The van der Waals surface area contributed by atoms with Crippen LogP contribution in [0.2, 0.25) is 0 Å². The molecule has 19 heavy (non-hydrogen) atoms. The highest BCUT2D eigenvalue weighted by Gasteiger charge is 2.40. The second-order valence-corrected chi connectivity index (χ2v) is 4.37. The van der Waals surface area contributed by atoms with Crippen LogP contribution in [-0.2, 0) is 10.2 Å². The van der Waals surface area contributed by atoms with Gasteiger partial charge >= 0.3 is 0 Å². The lowest BCUT2D eigenvalue weighted by molar-refractivity contribution is -0.121. The lowest BCUT2D eigenvalue weighted by Gasteiger charge is -2.25. The Morgan fingerprint density at radius 3 is 1.74 bits per heavy atom. The van der Waals surface area contributed by atoms with Crippen LogP contribution < -0.4 is 0 Å². The summed E-state index contributed by atoms with van der Waals surface area (Å²) >= 11 is 0. The van der Waals surface area contributed by atoms with Crippen LogP contribution in [-0.4, -0.2) is 5.78 Å². The SMILES string of the molecule is CCC(=O)C(C#N)(c1ccccc1)c1ccccc1. The minimum atomic E-state index is -1.20. The predicted octanol–water partition coefficient (Wildman–Crippen LogP) is 3.48. The molecule has 0 radical (unpaired) electrons. The van der Waals surface area contributed by atoms with Gasteiger partial charge < -0.3 is 0 Å². The van der Waals surface area contributed by atoms with Gasteiger partial charge in [-0.1, -0.05) is 67.6 Å². The van der Waals surface area contributed by atoms with Gasteiger partial charge in [0.2, 0.25) is 0 Å². The standard InChI is InChI=1S/C17H15NO/c1-2-16(19)17(13-18,14-9-5-3-6-10-14)15-11-7-4-8-12-15/h3-12H,2H2,1H3. The van der Waals surface area contributed by atoms with Crippen molar-refractivity contribution >= 4 is 5.78 Å². The van der Waals surface area contributed by atoms with E-state index >= 15 is 0 Å². The zero-order valence-electron chi connectivity index (χ0n) is 10.8. The van der Waals surface area contributed by atoms with Gasteiger partial charge in [0, 0.05) is 6.42 Å². The number of ketones is 1. The molecule has 0 saturated carbocycles. The fraction of sp³-hybridized carbons (Fsp3) is 0.176. The summed E-state index contributed by atoms with van der Waals surface area (Å²) in [5.41, 5.74) is 0.267. The molecule has 0 aliphatic carbocycles. The van der Waals surface area contributed by atoms with Gasteiger partial charge in [0.05, 0.1) is 6.07 Å². The first-order valence-corrected chi connectivity index (χ1v) is 6.31. The molecule has 0 unspecified atom stereocenters. The van der Waals surface area contributed by atoms with Crippen LogP contribution in [0.1, 0.15) is 24.5 Å². The average molecular weight is 249 g/mol. The molecule has 0 N–H and O–H groups in total. The highest BCUT2D eigenvalue weighted by molar-refractivity contribution is 5.96. The third-order valence-corrected chi connectivity index (χ3v) is 3.32. The second kappa shape index (κ2) is 5.49. The maximum atomic E-state index is 12.4. The molecule has 0 spiro atoms. The lowest BCUT2D eigenvalue weighted by Crippen LogP contribution is -2.35. The summed E-state index contributed by atoms with van der Waals surface area (Å²) in [6, 6.07) is 20.8. The zero-order valence-corrected chi connectivity index (χ0v) is 10.8. The summed E-state index contributed by atoms with van der Waals surface area (Å²) in [5, 5.41) is 9.71. The van der Waals surface area contributed by atoms with Crippen molar-refractivity contribution in [1.29, 1.82) is 5.26 Å². The van der Waals surface area contributed by atoms with Crippen LogP contribution in [0.5, 0.6) is 0 Å². The number of rotatable bonds is 4. The van der Waals surface area contributed by atoms with Crippen LogP contribution in [0.4, 0.5) is 0 Å². The van der Waals surface area contributed by atoms with Crippen molar-refractivity contribution in [2.24, 2.45) is 0 Å². The Morgan fingerprint density at radius 2 is 1.42 bits per heavy atom. The highest BCUT2D eigenvalue weighted by Crippen LogP contribution is 2.33. The van der Waals surface area contributed by atoms with Crippen molar-refractivity contribution in [3.63, 3.8) is 0 Å². The van der Waals surface area contributed by atoms with E-state index in [-0.39, 0.29) is 5.78 Å².